The number of halogens is 1. The second-order valence-corrected chi connectivity index (χ2v) is 5.99. The molecule has 5 nitrogen and oxygen atoms in total. The fourth-order valence-corrected chi connectivity index (χ4v) is 2.90. The molecule has 1 unspecified atom stereocenters. The standard InChI is InChI=1S/C17H23FN2O3/c18-15-6-1-4-13(10-15)11-20-9-3-5-14(12-20)17(23)19-8-2-7-16(21)22/h1,4,6,10,14H,2-3,5,7-9,11-12H2,(H,19,23)(H,21,22). The van der Waals surface area contributed by atoms with E-state index in [4.69, 9.17) is 5.11 Å². The van der Waals surface area contributed by atoms with Crippen LogP contribution in [0.5, 0.6) is 0 Å². The van der Waals surface area contributed by atoms with Crippen molar-refractivity contribution in [3.05, 3.63) is 35.6 Å². The Morgan fingerprint density at radius 2 is 2.22 bits per heavy atom. The van der Waals surface area contributed by atoms with Crippen molar-refractivity contribution in [3.8, 4) is 0 Å². The Morgan fingerprint density at radius 1 is 1.39 bits per heavy atom. The average molecular weight is 322 g/mol. The van der Waals surface area contributed by atoms with Gasteiger partial charge in [0.15, 0.2) is 0 Å². The molecule has 1 saturated heterocycles. The van der Waals surface area contributed by atoms with Crippen LogP contribution in [0.25, 0.3) is 0 Å². The Hall–Kier alpha value is -1.95. The topological polar surface area (TPSA) is 69.6 Å². The second kappa shape index (κ2) is 8.62. The predicted molar refractivity (Wildman–Crippen MR) is 84.3 cm³/mol. The number of hydrogen-bond acceptors (Lipinski definition) is 3. The molecule has 1 heterocycles. The molecule has 1 aromatic rings. The number of carboxylic acids is 1. The molecule has 1 atom stereocenters. The molecule has 1 aromatic carbocycles. The lowest BCUT2D eigenvalue weighted by atomic mass is 9.96. The van der Waals surface area contributed by atoms with Crippen molar-refractivity contribution in [1.29, 1.82) is 0 Å². The molecule has 126 valence electrons. The molecule has 0 bridgehead atoms. The Morgan fingerprint density at radius 3 is 2.96 bits per heavy atom. The van der Waals surface area contributed by atoms with E-state index in [0.29, 0.717) is 26.1 Å². The maximum absolute atomic E-state index is 13.2. The lowest BCUT2D eigenvalue weighted by Crippen LogP contribution is -2.42. The summed E-state index contributed by atoms with van der Waals surface area (Å²) in [7, 11) is 0. The SMILES string of the molecule is O=C(O)CCCNC(=O)C1CCCN(Cc2cccc(F)c2)C1. The fourth-order valence-electron chi connectivity index (χ4n) is 2.90. The highest BCUT2D eigenvalue weighted by Gasteiger charge is 2.25. The van der Waals surface area contributed by atoms with Crippen molar-refractivity contribution in [3.63, 3.8) is 0 Å². The van der Waals surface area contributed by atoms with Crippen LogP contribution in [0.1, 0.15) is 31.2 Å². The average Bonchev–Trinajstić information content (AvgIpc) is 2.51. The van der Waals surface area contributed by atoms with E-state index in [1.807, 2.05) is 6.07 Å². The molecule has 1 amide bonds. The summed E-state index contributed by atoms with van der Waals surface area (Å²) in [5.74, 6) is -1.19. The molecular formula is C17H23FN2O3. The number of aliphatic carboxylic acids is 1. The highest BCUT2D eigenvalue weighted by atomic mass is 19.1. The molecule has 1 fully saturated rings. The summed E-state index contributed by atoms with van der Waals surface area (Å²) in [4.78, 5) is 24.8. The summed E-state index contributed by atoms with van der Waals surface area (Å²) in [6.07, 6.45) is 2.28. The van der Waals surface area contributed by atoms with Gasteiger partial charge >= 0.3 is 5.97 Å². The van der Waals surface area contributed by atoms with Gasteiger partial charge in [-0.2, -0.15) is 0 Å². The van der Waals surface area contributed by atoms with Crippen LogP contribution in [0.3, 0.4) is 0 Å². The monoisotopic (exact) mass is 322 g/mol. The van der Waals surface area contributed by atoms with Gasteiger partial charge in [0.25, 0.3) is 0 Å². The molecule has 0 radical (unpaired) electrons. The zero-order valence-electron chi connectivity index (χ0n) is 13.1. The normalized spacial score (nSPS) is 18.6. The third-order valence-corrected chi connectivity index (χ3v) is 4.04. The number of carboxylic acid groups (broad SMARTS) is 1. The van der Waals surface area contributed by atoms with E-state index in [1.165, 1.54) is 12.1 Å². The number of amides is 1. The summed E-state index contributed by atoms with van der Waals surface area (Å²) in [6, 6.07) is 6.53. The molecule has 1 aliphatic rings. The number of likely N-dealkylation sites (tertiary alicyclic amines) is 1. The smallest absolute Gasteiger partial charge is 0.303 e. The van der Waals surface area contributed by atoms with E-state index < -0.39 is 5.97 Å². The van der Waals surface area contributed by atoms with Crippen LogP contribution in [0.2, 0.25) is 0 Å². The third kappa shape index (κ3) is 5.98. The number of nitrogens with one attached hydrogen (secondary N) is 1. The molecule has 0 saturated carbocycles. The van der Waals surface area contributed by atoms with Gasteiger partial charge < -0.3 is 10.4 Å². The van der Waals surface area contributed by atoms with Crippen molar-refractivity contribution in [2.75, 3.05) is 19.6 Å². The fraction of sp³-hybridized carbons (Fsp3) is 0.529. The number of piperidine rings is 1. The van der Waals surface area contributed by atoms with E-state index in [1.54, 1.807) is 6.07 Å². The van der Waals surface area contributed by atoms with Crippen LogP contribution in [-0.2, 0) is 16.1 Å². The Bertz CT molecular complexity index is 550. The van der Waals surface area contributed by atoms with Crippen molar-refractivity contribution in [2.45, 2.75) is 32.2 Å². The van der Waals surface area contributed by atoms with Gasteiger partial charge in [-0.05, 0) is 43.5 Å². The van der Waals surface area contributed by atoms with E-state index >= 15 is 0 Å². The van der Waals surface area contributed by atoms with E-state index in [-0.39, 0.29) is 24.1 Å². The molecule has 6 heteroatoms. The van der Waals surface area contributed by atoms with Crippen LogP contribution in [0.15, 0.2) is 24.3 Å². The second-order valence-electron chi connectivity index (χ2n) is 5.99. The van der Waals surface area contributed by atoms with Crippen molar-refractivity contribution < 1.29 is 19.1 Å². The number of rotatable bonds is 7. The Labute approximate surface area is 135 Å². The number of carbonyl (C=O) groups is 2. The van der Waals surface area contributed by atoms with Crippen molar-refractivity contribution in [2.24, 2.45) is 5.92 Å². The summed E-state index contributed by atoms with van der Waals surface area (Å²) in [5.41, 5.74) is 0.910. The minimum Gasteiger partial charge on any atom is -0.481 e. The van der Waals surface area contributed by atoms with Gasteiger partial charge in [-0.25, -0.2) is 4.39 Å². The van der Waals surface area contributed by atoms with Gasteiger partial charge in [-0.1, -0.05) is 12.1 Å². The molecule has 0 aliphatic carbocycles. The minimum atomic E-state index is -0.849. The first kappa shape index (κ1) is 17.4. The van der Waals surface area contributed by atoms with Gasteiger partial charge in [-0.15, -0.1) is 0 Å². The first-order valence-electron chi connectivity index (χ1n) is 8.01. The van der Waals surface area contributed by atoms with E-state index in [9.17, 15) is 14.0 Å². The summed E-state index contributed by atoms with van der Waals surface area (Å²) in [6.45, 7) is 2.59. The molecule has 2 rings (SSSR count). The van der Waals surface area contributed by atoms with Gasteiger partial charge in [0.1, 0.15) is 5.82 Å². The molecule has 1 aliphatic heterocycles. The maximum Gasteiger partial charge on any atom is 0.303 e. The predicted octanol–water partition coefficient (Wildman–Crippen LogP) is 2.02. The van der Waals surface area contributed by atoms with Gasteiger partial charge in [0, 0.05) is 26.1 Å². The number of hydrogen-bond donors (Lipinski definition) is 2. The van der Waals surface area contributed by atoms with Crippen molar-refractivity contribution >= 4 is 11.9 Å². The number of nitrogens with zero attached hydrogens (tertiary/aromatic N) is 1. The van der Waals surface area contributed by atoms with Crippen LogP contribution < -0.4 is 5.32 Å². The zero-order valence-corrected chi connectivity index (χ0v) is 13.1. The molecule has 2 N–H and O–H groups in total. The first-order chi connectivity index (χ1) is 11.0. The summed E-state index contributed by atoms with van der Waals surface area (Å²) >= 11 is 0. The Kier molecular flexibility index (Phi) is 6.52. The largest absolute Gasteiger partial charge is 0.481 e. The van der Waals surface area contributed by atoms with Gasteiger partial charge in [-0.3, -0.25) is 14.5 Å². The molecular weight excluding hydrogens is 299 g/mol. The van der Waals surface area contributed by atoms with Crippen molar-refractivity contribution in [1.82, 2.24) is 10.2 Å². The summed E-state index contributed by atoms with van der Waals surface area (Å²) in [5, 5.41) is 11.4. The number of carbonyl (C=O) groups excluding carboxylic acids is 1. The third-order valence-electron chi connectivity index (χ3n) is 4.04. The molecule has 0 aromatic heterocycles. The van der Waals surface area contributed by atoms with E-state index in [2.05, 4.69) is 10.2 Å². The van der Waals surface area contributed by atoms with Crippen LogP contribution in [0, 0.1) is 11.7 Å². The number of benzene rings is 1. The molecule has 0 spiro atoms. The van der Waals surface area contributed by atoms with Crippen LogP contribution >= 0.6 is 0 Å². The quantitative estimate of drug-likeness (QED) is 0.754. The van der Waals surface area contributed by atoms with Gasteiger partial charge in [0.05, 0.1) is 5.92 Å². The highest BCUT2D eigenvalue weighted by Crippen LogP contribution is 2.19. The molecule has 23 heavy (non-hydrogen) atoms. The van der Waals surface area contributed by atoms with Gasteiger partial charge in [0.2, 0.25) is 5.91 Å². The minimum absolute atomic E-state index is 0.0145. The lowest BCUT2D eigenvalue weighted by Gasteiger charge is -2.32. The van der Waals surface area contributed by atoms with E-state index in [0.717, 1.165) is 24.9 Å². The lowest BCUT2D eigenvalue weighted by molar-refractivity contribution is -0.137. The zero-order chi connectivity index (χ0) is 16.7. The van der Waals surface area contributed by atoms with Crippen LogP contribution in [0.4, 0.5) is 4.39 Å². The highest BCUT2D eigenvalue weighted by molar-refractivity contribution is 5.79. The maximum atomic E-state index is 13.2. The summed E-state index contributed by atoms with van der Waals surface area (Å²) < 4.78 is 13.2. The Balaban J connectivity index is 1.78. The first-order valence-corrected chi connectivity index (χ1v) is 8.01. The van der Waals surface area contributed by atoms with Crippen LogP contribution in [-0.4, -0.2) is 41.5 Å².